The quantitative estimate of drug-likeness (QED) is 0.572. The van der Waals surface area contributed by atoms with Crippen LogP contribution in [0.3, 0.4) is 0 Å². The van der Waals surface area contributed by atoms with E-state index in [0.717, 1.165) is 5.56 Å². The van der Waals surface area contributed by atoms with Crippen LogP contribution in [-0.4, -0.2) is 9.38 Å². The van der Waals surface area contributed by atoms with Crippen molar-refractivity contribution < 1.29 is 0 Å². The zero-order chi connectivity index (χ0) is 12.4. The fraction of sp³-hybridized carbons (Fsp3) is 0.0833. The molecule has 0 N–H and O–H groups in total. The topological polar surface area (TPSA) is 58.2 Å². The lowest BCUT2D eigenvalue weighted by molar-refractivity contribution is 1.03. The molecule has 0 bridgehead atoms. The van der Waals surface area contributed by atoms with Gasteiger partial charge in [-0.3, -0.25) is 9.20 Å². The molecule has 0 spiro atoms. The van der Waals surface area contributed by atoms with Crippen molar-refractivity contribution in [3.8, 4) is 6.07 Å². The Hall–Kier alpha value is -2.12. The van der Waals surface area contributed by atoms with Crippen LogP contribution in [0.5, 0.6) is 0 Å². The normalized spacial score (nSPS) is 10.9. The van der Waals surface area contributed by atoms with Crippen LogP contribution in [0, 0.1) is 18.3 Å². The monoisotopic (exact) mass is 245 g/mol. The number of allylic oxidation sites excluding steroid dienone is 1. The van der Waals surface area contributed by atoms with Gasteiger partial charge < -0.3 is 0 Å². The van der Waals surface area contributed by atoms with E-state index in [-0.39, 0.29) is 16.3 Å². The van der Waals surface area contributed by atoms with E-state index in [0.29, 0.717) is 5.65 Å². The van der Waals surface area contributed by atoms with Crippen LogP contribution in [0.1, 0.15) is 11.1 Å². The number of pyridine rings is 1. The molecule has 4 nitrogen and oxygen atoms in total. The van der Waals surface area contributed by atoms with Crippen molar-refractivity contribution in [1.29, 1.82) is 5.26 Å². The first-order valence-electron chi connectivity index (χ1n) is 4.89. The first-order valence-corrected chi connectivity index (χ1v) is 5.26. The van der Waals surface area contributed by atoms with Gasteiger partial charge >= 0.3 is 0 Å². The van der Waals surface area contributed by atoms with Gasteiger partial charge in [0.2, 0.25) is 0 Å². The Morgan fingerprint density at radius 2 is 2.35 bits per heavy atom. The van der Waals surface area contributed by atoms with Crippen molar-refractivity contribution in [2.75, 3.05) is 0 Å². The molecule has 84 valence electrons. The highest BCUT2D eigenvalue weighted by Crippen LogP contribution is 2.14. The molecule has 0 fully saturated rings. The number of rotatable bonds is 1. The molecular weight excluding hydrogens is 238 g/mol. The Morgan fingerprint density at radius 1 is 1.59 bits per heavy atom. The highest BCUT2D eigenvalue weighted by molar-refractivity contribution is 6.31. The average molecular weight is 246 g/mol. The third-order valence-corrected chi connectivity index (χ3v) is 2.65. The summed E-state index contributed by atoms with van der Waals surface area (Å²) in [6, 6.07) is 5.43. The van der Waals surface area contributed by atoms with Crippen LogP contribution in [-0.2, 0) is 0 Å². The van der Waals surface area contributed by atoms with Crippen molar-refractivity contribution >= 4 is 23.3 Å². The minimum absolute atomic E-state index is 0.107. The number of aromatic nitrogens is 2. The summed E-state index contributed by atoms with van der Waals surface area (Å²) in [5.41, 5.74) is 1.32. The van der Waals surface area contributed by atoms with Crippen LogP contribution < -0.4 is 5.56 Å². The fourth-order valence-corrected chi connectivity index (χ4v) is 1.77. The molecule has 0 unspecified atom stereocenters. The summed E-state index contributed by atoms with van der Waals surface area (Å²) in [6.07, 6.45) is 4.19. The highest BCUT2D eigenvalue weighted by atomic mass is 35.5. The number of hydrogen-bond acceptors (Lipinski definition) is 3. The van der Waals surface area contributed by atoms with Gasteiger partial charge in [-0.25, -0.2) is 4.98 Å². The molecule has 0 aliphatic carbocycles. The van der Waals surface area contributed by atoms with Gasteiger partial charge in [-0.2, -0.15) is 5.26 Å². The second-order valence-corrected chi connectivity index (χ2v) is 3.83. The van der Waals surface area contributed by atoms with E-state index >= 15 is 0 Å². The Kier molecular flexibility index (Phi) is 2.94. The van der Waals surface area contributed by atoms with E-state index < -0.39 is 0 Å². The van der Waals surface area contributed by atoms with Crippen molar-refractivity contribution in [3.05, 3.63) is 51.0 Å². The van der Waals surface area contributed by atoms with E-state index in [1.54, 1.807) is 12.3 Å². The van der Waals surface area contributed by atoms with Gasteiger partial charge in [0.05, 0.1) is 11.6 Å². The Morgan fingerprint density at radius 3 is 3.06 bits per heavy atom. The lowest BCUT2D eigenvalue weighted by Crippen LogP contribution is -2.18. The standard InChI is InChI=1S/C12H8ClN3O/c1-8-4-3-7-16-11(8)15-10(13)9(12(16)17)5-2-6-14/h2-5,7H,1H3/b5-2+. The first kappa shape index (κ1) is 11.4. The van der Waals surface area contributed by atoms with E-state index in [9.17, 15) is 4.79 Å². The summed E-state index contributed by atoms with van der Waals surface area (Å²) < 4.78 is 1.41. The Labute approximate surface area is 102 Å². The fourth-order valence-electron chi connectivity index (χ4n) is 1.55. The summed E-state index contributed by atoms with van der Waals surface area (Å²) in [7, 11) is 0. The molecule has 0 aliphatic heterocycles. The van der Waals surface area contributed by atoms with Gasteiger partial charge in [0.25, 0.3) is 5.56 Å². The van der Waals surface area contributed by atoms with E-state index in [2.05, 4.69) is 4.98 Å². The van der Waals surface area contributed by atoms with Gasteiger partial charge in [-0.15, -0.1) is 0 Å². The summed E-state index contributed by atoms with van der Waals surface area (Å²) in [5.74, 6) is 0. The minimum Gasteiger partial charge on any atom is -0.268 e. The molecule has 0 saturated heterocycles. The molecule has 0 atom stereocenters. The van der Waals surface area contributed by atoms with Crippen molar-refractivity contribution in [1.82, 2.24) is 9.38 Å². The number of nitriles is 1. The summed E-state index contributed by atoms with van der Waals surface area (Å²) in [4.78, 5) is 16.2. The molecule has 2 rings (SSSR count). The van der Waals surface area contributed by atoms with E-state index in [1.807, 2.05) is 19.1 Å². The molecule has 17 heavy (non-hydrogen) atoms. The van der Waals surface area contributed by atoms with Crippen molar-refractivity contribution in [3.63, 3.8) is 0 Å². The van der Waals surface area contributed by atoms with Gasteiger partial charge in [-0.1, -0.05) is 17.7 Å². The second-order valence-electron chi connectivity index (χ2n) is 3.47. The number of fused-ring (bicyclic) bond motifs is 1. The van der Waals surface area contributed by atoms with Gasteiger partial charge in [0.1, 0.15) is 10.8 Å². The van der Waals surface area contributed by atoms with Crippen LogP contribution in [0.15, 0.2) is 29.2 Å². The molecular formula is C12H8ClN3O. The maximum atomic E-state index is 12.1. The maximum Gasteiger partial charge on any atom is 0.266 e. The van der Waals surface area contributed by atoms with Crippen LogP contribution in [0.2, 0.25) is 5.15 Å². The third-order valence-electron chi connectivity index (χ3n) is 2.36. The summed E-state index contributed by atoms with van der Waals surface area (Å²) in [6.45, 7) is 1.85. The van der Waals surface area contributed by atoms with Crippen LogP contribution in [0.4, 0.5) is 0 Å². The predicted molar refractivity (Wildman–Crippen MR) is 65.9 cm³/mol. The average Bonchev–Trinajstić information content (AvgIpc) is 2.31. The number of nitrogens with zero attached hydrogens (tertiary/aromatic N) is 3. The zero-order valence-corrected chi connectivity index (χ0v) is 9.77. The van der Waals surface area contributed by atoms with Crippen molar-refractivity contribution in [2.24, 2.45) is 0 Å². The lowest BCUT2D eigenvalue weighted by atomic mass is 10.2. The number of hydrogen-bond donors (Lipinski definition) is 0. The molecule has 2 aromatic heterocycles. The third kappa shape index (κ3) is 1.93. The SMILES string of the molecule is Cc1cccn2c(=O)c(/C=C/C#N)c(Cl)nc12. The lowest BCUT2D eigenvalue weighted by Gasteiger charge is -2.05. The maximum absolute atomic E-state index is 12.1. The molecule has 2 aromatic rings. The zero-order valence-electron chi connectivity index (χ0n) is 9.01. The van der Waals surface area contributed by atoms with Crippen molar-refractivity contribution in [2.45, 2.75) is 6.92 Å². The smallest absolute Gasteiger partial charge is 0.266 e. The van der Waals surface area contributed by atoms with Crippen LogP contribution in [0.25, 0.3) is 11.7 Å². The summed E-state index contributed by atoms with van der Waals surface area (Å²) >= 11 is 5.93. The van der Waals surface area contributed by atoms with Gasteiger partial charge in [-0.05, 0) is 24.6 Å². The Balaban J connectivity index is 2.87. The molecule has 0 aromatic carbocycles. The molecule has 2 heterocycles. The Bertz CT molecular complexity index is 710. The highest BCUT2D eigenvalue weighted by Gasteiger charge is 2.09. The molecule has 0 aliphatic rings. The number of halogens is 1. The van der Waals surface area contributed by atoms with E-state index in [4.69, 9.17) is 16.9 Å². The van der Waals surface area contributed by atoms with Crippen LogP contribution >= 0.6 is 11.6 Å². The molecule has 0 saturated carbocycles. The second kappa shape index (κ2) is 4.40. The van der Waals surface area contributed by atoms with E-state index in [1.165, 1.54) is 16.6 Å². The van der Waals surface area contributed by atoms with Gasteiger partial charge in [0.15, 0.2) is 0 Å². The largest absolute Gasteiger partial charge is 0.268 e. The minimum atomic E-state index is -0.282. The predicted octanol–water partition coefficient (Wildman–Crippen LogP) is 2.19. The molecule has 0 amide bonds. The summed E-state index contributed by atoms with van der Waals surface area (Å²) in [5, 5.41) is 8.56. The molecule has 5 heteroatoms. The first-order chi connectivity index (χ1) is 8.15. The van der Waals surface area contributed by atoms with Gasteiger partial charge in [0, 0.05) is 12.3 Å². The molecule has 0 radical (unpaired) electrons. The number of aryl methyl sites for hydroxylation is 1.